The highest BCUT2D eigenvalue weighted by Gasteiger charge is 2.12. The molecule has 0 aliphatic carbocycles. The summed E-state index contributed by atoms with van der Waals surface area (Å²) in [6, 6.07) is 3.48. The molecule has 0 aliphatic rings. The zero-order chi connectivity index (χ0) is 13.0. The summed E-state index contributed by atoms with van der Waals surface area (Å²) >= 11 is 0. The maximum Gasteiger partial charge on any atom is 0.338 e. The third kappa shape index (κ3) is 3.44. The number of amides is 1. The molecule has 92 valence electrons. The number of halogens is 1. The zero-order valence-corrected chi connectivity index (χ0v) is 9.57. The van der Waals surface area contributed by atoms with Crippen LogP contribution in [0.1, 0.15) is 10.4 Å². The number of benzene rings is 1. The van der Waals surface area contributed by atoms with Gasteiger partial charge in [0.05, 0.1) is 11.3 Å². The van der Waals surface area contributed by atoms with Gasteiger partial charge < -0.3 is 15.4 Å². The van der Waals surface area contributed by atoms with Gasteiger partial charge in [-0.2, -0.15) is 0 Å². The molecule has 0 fully saturated rings. The van der Waals surface area contributed by atoms with Gasteiger partial charge in [0.2, 0.25) is 0 Å². The van der Waals surface area contributed by atoms with E-state index < -0.39 is 11.8 Å². The fraction of sp³-hybridized carbons (Fsp3) is 0.273. The van der Waals surface area contributed by atoms with Crippen molar-refractivity contribution in [2.24, 2.45) is 0 Å². The lowest BCUT2D eigenvalue weighted by molar-refractivity contribution is -0.131. The standard InChI is InChI=1S/C11H13FN2O3/c1-14(2)10(15)6-17-11(16)7-3-4-8(12)9(13)5-7/h3-5H,6,13H2,1-2H3. The van der Waals surface area contributed by atoms with Gasteiger partial charge in [-0.05, 0) is 18.2 Å². The van der Waals surface area contributed by atoms with E-state index in [4.69, 9.17) is 10.5 Å². The van der Waals surface area contributed by atoms with Crippen molar-refractivity contribution in [3.63, 3.8) is 0 Å². The van der Waals surface area contributed by atoms with E-state index in [0.717, 1.165) is 12.1 Å². The smallest absolute Gasteiger partial charge is 0.338 e. The van der Waals surface area contributed by atoms with Gasteiger partial charge in [-0.25, -0.2) is 9.18 Å². The summed E-state index contributed by atoms with van der Waals surface area (Å²) in [6.45, 7) is -0.358. The Bertz CT molecular complexity index is 446. The second-order valence-electron chi connectivity index (χ2n) is 3.60. The normalized spacial score (nSPS) is 9.82. The Kier molecular flexibility index (Phi) is 4.03. The van der Waals surface area contributed by atoms with Crippen molar-refractivity contribution in [1.29, 1.82) is 0 Å². The molecule has 0 unspecified atom stereocenters. The van der Waals surface area contributed by atoms with E-state index in [1.165, 1.54) is 11.0 Å². The number of esters is 1. The Balaban J connectivity index is 2.64. The van der Waals surface area contributed by atoms with E-state index >= 15 is 0 Å². The van der Waals surface area contributed by atoms with Gasteiger partial charge in [0.25, 0.3) is 5.91 Å². The molecular weight excluding hydrogens is 227 g/mol. The lowest BCUT2D eigenvalue weighted by Gasteiger charge is -2.10. The molecule has 1 aromatic rings. The third-order valence-corrected chi connectivity index (χ3v) is 2.06. The summed E-state index contributed by atoms with van der Waals surface area (Å²) in [5.74, 6) is -1.66. The molecule has 1 aromatic carbocycles. The number of carbonyl (C=O) groups excluding carboxylic acids is 2. The molecule has 0 bridgehead atoms. The average molecular weight is 240 g/mol. The van der Waals surface area contributed by atoms with Crippen LogP contribution in [0, 0.1) is 5.82 Å². The lowest BCUT2D eigenvalue weighted by Crippen LogP contribution is -2.27. The molecule has 0 aromatic heterocycles. The molecule has 1 rings (SSSR count). The zero-order valence-electron chi connectivity index (χ0n) is 9.57. The van der Waals surface area contributed by atoms with Crippen molar-refractivity contribution in [3.8, 4) is 0 Å². The van der Waals surface area contributed by atoms with E-state index in [9.17, 15) is 14.0 Å². The summed E-state index contributed by atoms with van der Waals surface area (Å²) in [5, 5.41) is 0. The average Bonchev–Trinajstić information content (AvgIpc) is 2.28. The molecule has 17 heavy (non-hydrogen) atoms. The van der Waals surface area contributed by atoms with Crippen LogP contribution in [-0.2, 0) is 9.53 Å². The first-order chi connectivity index (χ1) is 7.91. The topological polar surface area (TPSA) is 72.6 Å². The van der Waals surface area contributed by atoms with Crippen molar-refractivity contribution in [2.75, 3.05) is 26.4 Å². The van der Waals surface area contributed by atoms with E-state index in [2.05, 4.69) is 0 Å². The number of nitrogens with two attached hydrogens (primary N) is 1. The highest BCUT2D eigenvalue weighted by Crippen LogP contribution is 2.13. The number of hydrogen-bond donors (Lipinski definition) is 1. The number of hydrogen-bond acceptors (Lipinski definition) is 4. The van der Waals surface area contributed by atoms with Crippen LogP contribution in [0.25, 0.3) is 0 Å². The number of anilines is 1. The quantitative estimate of drug-likeness (QED) is 0.622. The molecular formula is C11H13FN2O3. The van der Waals surface area contributed by atoms with Gasteiger partial charge in [0.1, 0.15) is 5.82 Å². The largest absolute Gasteiger partial charge is 0.452 e. The van der Waals surface area contributed by atoms with Crippen LogP contribution < -0.4 is 5.73 Å². The maximum absolute atomic E-state index is 12.8. The van der Waals surface area contributed by atoms with Gasteiger partial charge in [-0.15, -0.1) is 0 Å². The van der Waals surface area contributed by atoms with Crippen LogP contribution in [0.2, 0.25) is 0 Å². The summed E-state index contributed by atoms with van der Waals surface area (Å²) in [6.07, 6.45) is 0. The molecule has 2 N–H and O–H groups in total. The second-order valence-corrected chi connectivity index (χ2v) is 3.60. The monoisotopic (exact) mass is 240 g/mol. The fourth-order valence-corrected chi connectivity index (χ4v) is 1.01. The van der Waals surface area contributed by atoms with E-state index in [1.807, 2.05) is 0 Å². The predicted molar refractivity (Wildman–Crippen MR) is 59.8 cm³/mol. The number of likely N-dealkylation sites (N-methyl/N-ethyl adjacent to an activating group) is 1. The molecule has 0 spiro atoms. The van der Waals surface area contributed by atoms with Crippen LogP contribution in [0.3, 0.4) is 0 Å². The summed E-state index contributed by atoms with van der Waals surface area (Å²) in [5.41, 5.74) is 5.27. The van der Waals surface area contributed by atoms with E-state index in [1.54, 1.807) is 14.1 Å². The van der Waals surface area contributed by atoms with Crippen molar-refractivity contribution >= 4 is 17.6 Å². The maximum atomic E-state index is 12.8. The first-order valence-corrected chi connectivity index (χ1v) is 4.84. The van der Waals surface area contributed by atoms with Crippen LogP contribution in [0.4, 0.5) is 10.1 Å². The number of carbonyl (C=O) groups is 2. The summed E-state index contributed by atoms with van der Waals surface area (Å²) in [7, 11) is 3.10. The fourth-order valence-electron chi connectivity index (χ4n) is 1.01. The molecule has 0 atom stereocenters. The molecule has 6 heteroatoms. The van der Waals surface area contributed by atoms with Crippen LogP contribution in [0.15, 0.2) is 18.2 Å². The molecule has 0 radical (unpaired) electrons. The van der Waals surface area contributed by atoms with Crippen molar-refractivity contribution in [1.82, 2.24) is 4.90 Å². The predicted octanol–water partition coefficient (Wildman–Crippen LogP) is 0.653. The summed E-state index contributed by atoms with van der Waals surface area (Å²) in [4.78, 5) is 23.9. The van der Waals surface area contributed by atoms with E-state index in [0.29, 0.717) is 0 Å². The van der Waals surface area contributed by atoms with Gasteiger partial charge in [-0.1, -0.05) is 0 Å². The number of rotatable bonds is 3. The van der Waals surface area contributed by atoms with Crippen molar-refractivity contribution in [2.45, 2.75) is 0 Å². The highest BCUT2D eigenvalue weighted by molar-refractivity contribution is 5.92. The van der Waals surface area contributed by atoms with Crippen LogP contribution >= 0.6 is 0 Å². The van der Waals surface area contributed by atoms with E-state index in [-0.39, 0.29) is 23.8 Å². The van der Waals surface area contributed by atoms with Gasteiger partial charge in [0, 0.05) is 14.1 Å². The molecule has 0 saturated carbocycles. The van der Waals surface area contributed by atoms with Crippen molar-refractivity contribution < 1.29 is 18.7 Å². The highest BCUT2D eigenvalue weighted by atomic mass is 19.1. The molecule has 0 saturated heterocycles. The Labute approximate surface area is 98.0 Å². The Morgan fingerprint density at radius 1 is 1.41 bits per heavy atom. The second kappa shape index (κ2) is 5.29. The summed E-state index contributed by atoms with van der Waals surface area (Å²) < 4.78 is 17.6. The minimum atomic E-state index is -0.716. The Morgan fingerprint density at radius 2 is 2.06 bits per heavy atom. The Morgan fingerprint density at radius 3 is 2.59 bits per heavy atom. The van der Waals surface area contributed by atoms with Crippen LogP contribution in [0.5, 0.6) is 0 Å². The van der Waals surface area contributed by atoms with Crippen LogP contribution in [-0.4, -0.2) is 37.5 Å². The van der Waals surface area contributed by atoms with Gasteiger partial charge in [-0.3, -0.25) is 4.79 Å². The molecule has 1 amide bonds. The van der Waals surface area contributed by atoms with Gasteiger partial charge in [0.15, 0.2) is 6.61 Å². The SMILES string of the molecule is CN(C)C(=O)COC(=O)c1ccc(F)c(N)c1. The Hall–Kier alpha value is -2.11. The minimum Gasteiger partial charge on any atom is -0.452 e. The van der Waals surface area contributed by atoms with Crippen molar-refractivity contribution in [3.05, 3.63) is 29.6 Å². The number of ether oxygens (including phenoxy) is 1. The first-order valence-electron chi connectivity index (χ1n) is 4.84. The molecule has 5 nitrogen and oxygen atoms in total. The van der Waals surface area contributed by atoms with Gasteiger partial charge >= 0.3 is 5.97 Å². The third-order valence-electron chi connectivity index (χ3n) is 2.06. The molecule has 0 aliphatic heterocycles. The number of nitrogen functional groups attached to an aromatic ring is 1. The minimum absolute atomic E-state index is 0.107. The number of nitrogens with zero attached hydrogens (tertiary/aromatic N) is 1. The lowest BCUT2D eigenvalue weighted by atomic mass is 10.2. The molecule has 0 heterocycles. The first kappa shape index (κ1) is 13.0.